The second-order valence-corrected chi connectivity index (χ2v) is 4.38. The minimum atomic E-state index is -4.66. The normalized spacial score (nSPS) is 15.8. The van der Waals surface area contributed by atoms with Crippen molar-refractivity contribution < 1.29 is 17.7 Å². The van der Waals surface area contributed by atoms with Gasteiger partial charge in [-0.25, -0.2) is 0 Å². The van der Waals surface area contributed by atoms with E-state index < -0.39 is 17.6 Å². The number of thiazole rings is 1. The Kier molecular flexibility index (Phi) is 2.66. The van der Waals surface area contributed by atoms with Gasteiger partial charge in [-0.2, -0.15) is 18.2 Å². The summed E-state index contributed by atoms with van der Waals surface area (Å²) in [6.07, 6.45) is -3.23. The maximum Gasteiger partial charge on any atom is 0.415 e. The quantitative estimate of drug-likeness (QED) is 0.896. The summed E-state index contributed by atoms with van der Waals surface area (Å²) in [4.78, 5) is 7.91. The van der Waals surface area contributed by atoms with E-state index >= 15 is 0 Å². The molecule has 0 amide bonds. The second kappa shape index (κ2) is 3.77. The zero-order valence-electron chi connectivity index (χ0n) is 8.52. The largest absolute Gasteiger partial charge is 0.415 e. The van der Waals surface area contributed by atoms with E-state index in [1.165, 1.54) is 23.0 Å². The molecule has 1 unspecified atom stereocenters. The van der Waals surface area contributed by atoms with Gasteiger partial charge in [0.05, 0.1) is 10.4 Å². The first kappa shape index (κ1) is 12.0. The fourth-order valence-corrected chi connectivity index (χ4v) is 1.53. The molecule has 0 saturated carbocycles. The smallest absolute Gasteiger partial charge is 0.337 e. The van der Waals surface area contributed by atoms with E-state index in [-0.39, 0.29) is 5.82 Å². The Hall–Kier alpha value is -1.48. The number of nitrogens with two attached hydrogens (primary N) is 1. The molecule has 2 N–H and O–H groups in total. The first-order valence-corrected chi connectivity index (χ1v) is 5.29. The van der Waals surface area contributed by atoms with E-state index in [0.717, 1.165) is 6.92 Å². The lowest BCUT2D eigenvalue weighted by molar-refractivity contribution is -0.190. The van der Waals surface area contributed by atoms with Gasteiger partial charge < -0.3 is 10.3 Å². The summed E-state index contributed by atoms with van der Waals surface area (Å²) in [5, 5.41) is 3.44. The molecule has 17 heavy (non-hydrogen) atoms. The minimum absolute atomic E-state index is 0.0448. The number of hydrogen-bond acceptors (Lipinski definition) is 6. The van der Waals surface area contributed by atoms with E-state index in [0.29, 0.717) is 4.88 Å². The van der Waals surface area contributed by atoms with Crippen molar-refractivity contribution in [2.24, 2.45) is 5.73 Å². The van der Waals surface area contributed by atoms with Crippen molar-refractivity contribution >= 4 is 11.3 Å². The minimum Gasteiger partial charge on any atom is -0.337 e. The molecule has 0 aliphatic carbocycles. The fraction of sp³-hybridized carbons (Fsp3) is 0.375. The highest BCUT2D eigenvalue weighted by molar-refractivity contribution is 7.13. The van der Waals surface area contributed by atoms with Gasteiger partial charge in [0, 0.05) is 6.20 Å². The Balaban J connectivity index is 2.37. The Morgan fingerprint density at radius 3 is 2.65 bits per heavy atom. The van der Waals surface area contributed by atoms with Crippen LogP contribution in [0.15, 0.2) is 16.2 Å². The molecule has 2 aromatic heterocycles. The predicted molar refractivity (Wildman–Crippen MR) is 53.0 cm³/mol. The van der Waals surface area contributed by atoms with Crippen LogP contribution in [0, 0.1) is 0 Å². The number of halogens is 3. The van der Waals surface area contributed by atoms with Crippen LogP contribution in [0.4, 0.5) is 13.2 Å². The fourth-order valence-electron chi connectivity index (χ4n) is 0.982. The molecule has 0 spiro atoms. The Bertz CT molecular complexity index is 505. The third kappa shape index (κ3) is 2.03. The summed E-state index contributed by atoms with van der Waals surface area (Å²) < 4.78 is 42.4. The van der Waals surface area contributed by atoms with Crippen LogP contribution in [0.5, 0.6) is 0 Å². The number of rotatable bonds is 2. The molecule has 0 radical (unpaired) electrons. The van der Waals surface area contributed by atoms with Crippen molar-refractivity contribution in [1.82, 2.24) is 15.1 Å². The SMILES string of the molecule is CC(N)(c1nc(-c2cncs2)no1)C(F)(F)F. The average molecular weight is 264 g/mol. The van der Waals surface area contributed by atoms with Crippen molar-refractivity contribution in [1.29, 1.82) is 0 Å². The lowest BCUT2D eigenvalue weighted by Crippen LogP contribution is -2.47. The molecule has 0 aliphatic rings. The van der Waals surface area contributed by atoms with Crippen molar-refractivity contribution in [3.8, 4) is 10.7 Å². The van der Waals surface area contributed by atoms with Gasteiger partial charge >= 0.3 is 6.18 Å². The van der Waals surface area contributed by atoms with Gasteiger partial charge in [0.1, 0.15) is 0 Å². The van der Waals surface area contributed by atoms with Crippen LogP contribution in [0.2, 0.25) is 0 Å². The molecule has 9 heteroatoms. The monoisotopic (exact) mass is 264 g/mol. The van der Waals surface area contributed by atoms with Crippen LogP contribution in [0.3, 0.4) is 0 Å². The highest BCUT2D eigenvalue weighted by atomic mass is 32.1. The highest BCUT2D eigenvalue weighted by Gasteiger charge is 2.53. The van der Waals surface area contributed by atoms with Crippen LogP contribution in [0.25, 0.3) is 10.7 Å². The molecule has 0 aromatic carbocycles. The Morgan fingerprint density at radius 2 is 2.12 bits per heavy atom. The molecule has 1 atom stereocenters. The van der Waals surface area contributed by atoms with Gasteiger partial charge in [-0.15, -0.1) is 11.3 Å². The van der Waals surface area contributed by atoms with E-state index in [1.807, 2.05) is 0 Å². The third-order valence-electron chi connectivity index (χ3n) is 2.11. The van der Waals surface area contributed by atoms with Crippen LogP contribution >= 0.6 is 11.3 Å². The molecule has 2 aromatic rings. The van der Waals surface area contributed by atoms with Crippen LogP contribution in [-0.2, 0) is 5.54 Å². The van der Waals surface area contributed by atoms with E-state index in [1.54, 1.807) is 0 Å². The van der Waals surface area contributed by atoms with E-state index in [9.17, 15) is 13.2 Å². The van der Waals surface area contributed by atoms with Gasteiger partial charge in [0.25, 0.3) is 5.89 Å². The van der Waals surface area contributed by atoms with Crippen molar-refractivity contribution in [2.45, 2.75) is 18.6 Å². The number of alkyl halides is 3. The van der Waals surface area contributed by atoms with Gasteiger partial charge in [-0.3, -0.25) is 4.98 Å². The highest BCUT2D eigenvalue weighted by Crippen LogP contribution is 2.36. The van der Waals surface area contributed by atoms with Gasteiger partial charge in [-0.05, 0) is 6.92 Å². The zero-order chi connectivity index (χ0) is 12.7. The molecule has 0 fully saturated rings. The zero-order valence-corrected chi connectivity index (χ0v) is 9.34. The predicted octanol–water partition coefficient (Wildman–Crippen LogP) is 1.93. The topological polar surface area (TPSA) is 77.8 Å². The molecule has 0 aliphatic heterocycles. The van der Waals surface area contributed by atoms with E-state index in [4.69, 9.17) is 5.73 Å². The average Bonchev–Trinajstić information content (AvgIpc) is 2.87. The lowest BCUT2D eigenvalue weighted by atomic mass is 10.0. The van der Waals surface area contributed by atoms with Crippen LogP contribution < -0.4 is 5.73 Å². The second-order valence-electron chi connectivity index (χ2n) is 3.49. The first-order valence-electron chi connectivity index (χ1n) is 4.41. The standard InChI is InChI=1S/C8H7F3N4OS/c1-7(12,8(9,10)11)6-14-5(15-16-6)4-2-13-3-17-4/h2-3H,12H2,1H3. The summed E-state index contributed by atoms with van der Waals surface area (Å²) in [5.74, 6) is -0.628. The van der Waals surface area contributed by atoms with Gasteiger partial charge in [0.15, 0.2) is 5.54 Å². The molecular weight excluding hydrogens is 257 g/mol. The summed E-state index contributed by atoms with van der Waals surface area (Å²) in [6.45, 7) is 0.775. The molecule has 92 valence electrons. The van der Waals surface area contributed by atoms with Crippen molar-refractivity contribution in [3.63, 3.8) is 0 Å². The summed E-state index contributed by atoms with van der Waals surface area (Å²) >= 11 is 1.19. The number of aromatic nitrogens is 3. The third-order valence-corrected chi connectivity index (χ3v) is 2.88. The number of hydrogen-bond donors (Lipinski definition) is 1. The number of nitrogens with zero attached hydrogens (tertiary/aromatic N) is 3. The molecule has 0 saturated heterocycles. The van der Waals surface area contributed by atoms with Gasteiger partial charge in [0.2, 0.25) is 5.82 Å². The summed E-state index contributed by atoms with van der Waals surface area (Å²) in [5.41, 5.74) is 4.00. The van der Waals surface area contributed by atoms with Crippen molar-refractivity contribution in [2.75, 3.05) is 0 Å². The Labute approximate surface area is 97.5 Å². The summed E-state index contributed by atoms with van der Waals surface area (Å²) in [7, 11) is 0. The van der Waals surface area contributed by atoms with Crippen molar-refractivity contribution in [3.05, 3.63) is 17.6 Å². The van der Waals surface area contributed by atoms with Gasteiger partial charge in [-0.1, -0.05) is 5.16 Å². The lowest BCUT2D eigenvalue weighted by Gasteiger charge is -2.22. The molecule has 5 nitrogen and oxygen atoms in total. The maximum absolute atomic E-state index is 12.6. The van der Waals surface area contributed by atoms with Crippen LogP contribution in [-0.4, -0.2) is 21.3 Å². The van der Waals surface area contributed by atoms with Crippen LogP contribution in [0.1, 0.15) is 12.8 Å². The maximum atomic E-state index is 12.6. The molecule has 0 bridgehead atoms. The molecule has 2 rings (SSSR count). The Morgan fingerprint density at radius 1 is 1.41 bits per heavy atom. The summed E-state index contributed by atoms with van der Waals surface area (Å²) in [6, 6.07) is 0. The molecule has 2 heterocycles. The van der Waals surface area contributed by atoms with E-state index in [2.05, 4.69) is 19.6 Å². The molecular formula is C8H7F3N4OS. The first-order chi connectivity index (χ1) is 7.82.